The van der Waals surface area contributed by atoms with Crippen molar-refractivity contribution in [2.75, 3.05) is 7.11 Å². The fraction of sp³-hybridized carbons (Fsp3) is 0.167. The Labute approximate surface area is 103 Å². The van der Waals surface area contributed by atoms with E-state index in [-0.39, 0.29) is 0 Å². The van der Waals surface area contributed by atoms with Crippen molar-refractivity contribution in [1.82, 2.24) is 19.6 Å². The van der Waals surface area contributed by atoms with E-state index in [1.165, 1.54) is 12.3 Å². The van der Waals surface area contributed by atoms with E-state index in [1.54, 1.807) is 18.2 Å². The molecule has 0 unspecified atom stereocenters. The maximum absolute atomic E-state index is 12.8. The number of pyridine rings is 1. The Balaban J connectivity index is 1.95. The van der Waals surface area contributed by atoms with Crippen LogP contribution < -0.4 is 0 Å². The van der Waals surface area contributed by atoms with Gasteiger partial charge in [-0.15, -0.1) is 0 Å². The Hall–Kier alpha value is -2.21. The first-order chi connectivity index (χ1) is 8.76. The Morgan fingerprint density at radius 1 is 1.39 bits per heavy atom. The number of aromatic nitrogens is 3. The molecule has 3 heterocycles. The number of nitrogens with zero attached hydrogens (tertiary/aromatic N) is 4. The Bertz CT molecular complexity index is 591. The zero-order valence-corrected chi connectivity index (χ0v) is 9.75. The first kappa shape index (κ1) is 10.9. The molecule has 5 nitrogen and oxygen atoms in total. The largest absolute Gasteiger partial charge is 0.310 e. The average Bonchev–Trinajstić information content (AvgIpc) is 2.82. The Morgan fingerprint density at radius 2 is 2.28 bits per heavy atom. The molecule has 0 fully saturated rings. The van der Waals surface area contributed by atoms with Gasteiger partial charge < -0.3 is 4.57 Å². The number of imidazole rings is 1. The maximum Gasteiger partial charge on any atom is 0.212 e. The van der Waals surface area contributed by atoms with Gasteiger partial charge in [0.15, 0.2) is 0 Å². The summed E-state index contributed by atoms with van der Waals surface area (Å²) in [6.45, 7) is 0.573. The minimum atomic E-state index is -0.492. The summed E-state index contributed by atoms with van der Waals surface area (Å²) in [6.07, 6.45) is 7.03. The molecule has 0 aromatic carbocycles. The van der Waals surface area contributed by atoms with Gasteiger partial charge in [-0.25, -0.2) is 15.0 Å². The summed E-state index contributed by atoms with van der Waals surface area (Å²) in [5.41, 5.74) is 1.55. The lowest BCUT2D eigenvalue weighted by Gasteiger charge is -2.21. The van der Waals surface area contributed by atoms with Crippen LogP contribution in [0.3, 0.4) is 0 Å². The first-order valence-electron chi connectivity index (χ1n) is 5.44. The van der Waals surface area contributed by atoms with E-state index in [0.717, 1.165) is 17.1 Å². The van der Waals surface area contributed by atoms with Crippen LogP contribution in [0, 0.1) is 5.95 Å². The van der Waals surface area contributed by atoms with Gasteiger partial charge in [-0.3, -0.25) is 4.84 Å². The van der Waals surface area contributed by atoms with Crippen LogP contribution in [-0.4, -0.2) is 26.7 Å². The van der Waals surface area contributed by atoms with E-state index in [0.29, 0.717) is 6.67 Å². The molecular formula is C12H11FN4O. The molecule has 0 N–H and O–H groups in total. The highest BCUT2D eigenvalue weighted by molar-refractivity contribution is 5.59. The second-order valence-electron chi connectivity index (χ2n) is 3.88. The van der Waals surface area contributed by atoms with E-state index in [2.05, 4.69) is 9.97 Å². The van der Waals surface area contributed by atoms with Gasteiger partial charge in [0.2, 0.25) is 5.95 Å². The van der Waals surface area contributed by atoms with Crippen molar-refractivity contribution in [3.63, 3.8) is 0 Å². The number of fused-ring (bicyclic) bond motifs is 1. The third-order valence-corrected chi connectivity index (χ3v) is 2.75. The summed E-state index contributed by atoms with van der Waals surface area (Å²) in [5, 5.41) is 1.68. The second kappa shape index (κ2) is 4.23. The SMILES string of the molecule is CON1C=Cc2nc(-c3ccc(F)nc3)cn2C1. The van der Waals surface area contributed by atoms with Crippen LogP contribution in [0.5, 0.6) is 0 Å². The minimum absolute atomic E-state index is 0.492. The van der Waals surface area contributed by atoms with E-state index < -0.39 is 5.95 Å². The van der Waals surface area contributed by atoms with Gasteiger partial charge >= 0.3 is 0 Å². The average molecular weight is 246 g/mol. The minimum Gasteiger partial charge on any atom is -0.310 e. The molecule has 18 heavy (non-hydrogen) atoms. The Kier molecular flexibility index (Phi) is 2.56. The molecule has 0 bridgehead atoms. The van der Waals surface area contributed by atoms with Gasteiger partial charge in [0.25, 0.3) is 0 Å². The van der Waals surface area contributed by atoms with Crippen molar-refractivity contribution >= 4 is 6.08 Å². The summed E-state index contributed by atoms with van der Waals surface area (Å²) < 4.78 is 14.7. The van der Waals surface area contributed by atoms with Crippen molar-refractivity contribution in [3.8, 4) is 11.3 Å². The first-order valence-corrected chi connectivity index (χ1v) is 5.44. The van der Waals surface area contributed by atoms with Crippen LogP contribution in [0.15, 0.2) is 30.7 Å². The highest BCUT2D eigenvalue weighted by Crippen LogP contribution is 2.21. The molecule has 3 rings (SSSR count). The smallest absolute Gasteiger partial charge is 0.212 e. The van der Waals surface area contributed by atoms with Gasteiger partial charge in [0.1, 0.15) is 12.5 Å². The number of hydrogen-bond donors (Lipinski definition) is 0. The van der Waals surface area contributed by atoms with Crippen LogP contribution >= 0.6 is 0 Å². The van der Waals surface area contributed by atoms with Gasteiger partial charge in [0, 0.05) is 24.2 Å². The van der Waals surface area contributed by atoms with Crippen LogP contribution in [0.4, 0.5) is 4.39 Å². The molecule has 0 saturated heterocycles. The molecule has 2 aromatic rings. The molecule has 0 aliphatic carbocycles. The predicted octanol–water partition coefficient (Wildman–Crippen LogP) is 1.89. The van der Waals surface area contributed by atoms with Crippen LogP contribution in [0.1, 0.15) is 5.82 Å². The summed E-state index contributed by atoms with van der Waals surface area (Å²) in [4.78, 5) is 13.2. The lowest BCUT2D eigenvalue weighted by molar-refractivity contribution is -0.112. The van der Waals surface area contributed by atoms with Gasteiger partial charge in [-0.2, -0.15) is 4.39 Å². The number of hydroxylamine groups is 2. The molecule has 0 radical (unpaired) electrons. The lowest BCUT2D eigenvalue weighted by Crippen LogP contribution is -2.23. The zero-order valence-electron chi connectivity index (χ0n) is 9.75. The van der Waals surface area contributed by atoms with Gasteiger partial charge in [0.05, 0.1) is 12.8 Å². The third kappa shape index (κ3) is 1.86. The normalized spacial score (nSPS) is 13.8. The number of rotatable bonds is 2. The molecule has 6 heteroatoms. The van der Waals surface area contributed by atoms with E-state index >= 15 is 0 Å². The summed E-state index contributed by atoms with van der Waals surface area (Å²) in [7, 11) is 1.61. The molecule has 1 aliphatic heterocycles. The second-order valence-corrected chi connectivity index (χ2v) is 3.88. The summed E-state index contributed by atoms with van der Waals surface area (Å²) >= 11 is 0. The molecule has 0 spiro atoms. The Morgan fingerprint density at radius 3 is 3.00 bits per heavy atom. The van der Waals surface area contributed by atoms with E-state index in [4.69, 9.17) is 4.84 Å². The standard InChI is InChI=1S/C12H11FN4O/c1-18-17-5-4-12-15-10(7-16(12)8-17)9-2-3-11(13)14-6-9/h2-7H,8H2,1H3. The number of hydrogen-bond acceptors (Lipinski definition) is 4. The van der Waals surface area contributed by atoms with Crippen molar-refractivity contribution < 1.29 is 9.23 Å². The molecule has 1 aliphatic rings. The zero-order chi connectivity index (χ0) is 12.5. The molecule has 0 saturated carbocycles. The highest BCUT2D eigenvalue weighted by Gasteiger charge is 2.13. The number of halogens is 1. The molecule has 0 amide bonds. The maximum atomic E-state index is 12.8. The van der Waals surface area contributed by atoms with Gasteiger partial charge in [-0.05, 0) is 18.2 Å². The highest BCUT2D eigenvalue weighted by atomic mass is 19.1. The van der Waals surface area contributed by atoms with Crippen molar-refractivity contribution in [1.29, 1.82) is 0 Å². The molecule has 92 valence electrons. The molecular weight excluding hydrogens is 235 g/mol. The third-order valence-electron chi connectivity index (χ3n) is 2.75. The van der Waals surface area contributed by atoms with Crippen LogP contribution in [0.25, 0.3) is 17.3 Å². The quantitative estimate of drug-likeness (QED) is 0.759. The van der Waals surface area contributed by atoms with Crippen LogP contribution in [0.2, 0.25) is 0 Å². The molecule has 0 atom stereocenters. The van der Waals surface area contributed by atoms with E-state index in [1.807, 2.05) is 23.0 Å². The van der Waals surface area contributed by atoms with Crippen molar-refractivity contribution in [2.45, 2.75) is 6.67 Å². The summed E-state index contributed by atoms with van der Waals surface area (Å²) in [6, 6.07) is 2.99. The fourth-order valence-corrected chi connectivity index (χ4v) is 1.81. The van der Waals surface area contributed by atoms with Crippen molar-refractivity contribution in [3.05, 3.63) is 42.5 Å². The van der Waals surface area contributed by atoms with Gasteiger partial charge in [-0.1, -0.05) is 0 Å². The summed E-state index contributed by atoms with van der Waals surface area (Å²) in [5.74, 6) is 0.343. The monoisotopic (exact) mass is 246 g/mol. The predicted molar refractivity (Wildman–Crippen MR) is 63.3 cm³/mol. The van der Waals surface area contributed by atoms with Crippen molar-refractivity contribution in [2.24, 2.45) is 0 Å². The van der Waals surface area contributed by atoms with Crippen LogP contribution in [-0.2, 0) is 11.5 Å². The van der Waals surface area contributed by atoms with E-state index in [9.17, 15) is 4.39 Å². The fourth-order valence-electron chi connectivity index (χ4n) is 1.81. The molecule has 2 aromatic heterocycles. The topological polar surface area (TPSA) is 43.2 Å². The lowest BCUT2D eigenvalue weighted by atomic mass is 10.2.